The van der Waals surface area contributed by atoms with Crippen molar-refractivity contribution >= 4 is 23.4 Å². The molecule has 8 heteroatoms. The summed E-state index contributed by atoms with van der Waals surface area (Å²) in [5, 5.41) is 15.5. The zero-order chi connectivity index (χ0) is 27.8. The highest BCUT2D eigenvalue weighted by atomic mass is 16.5. The number of hydrogen-bond donors (Lipinski definition) is 3. The molecule has 2 aromatic rings. The van der Waals surface area contributed by atoms with Crippen LogP contribution < -0.4 is 10.6 Å². The Balaban J connectivity index is 1.48. The molecule has 0 saturated carbocycles. The summed E-state index contributed by atoms with van der Waals surface area (Å²) in [5.74, 6) is -2.10. The number of aliphatic hydroxyl groups excluding tert-OH is 1. The SMILES string of the molecule is CC[C@@]12CCC3(O1)C(C(=O)Nc1c(C)cccc1C)N(CCCCO)C(=O)[C@@H]3[C@@H]2C(=O)NCc1ccccc1. The van der Waals surface area contributed by atoms with Crippen molar-refractivity contribution in [3.63, 3.8) is 0 Å². The van der Waals surface area contributed by atoms with E-state index >= 15 is 0 Å². The van der Waals surface area contributed by atoms with Gasteiger partial charge in [0.1, 0.15) is 11.6 Å². The number of rotatable bonds is 10. The molecule has 5 atom stereocenters. The van der Waals surface area contributed by atoms with Crippen LogP contribution in [0.1, 0.15) is 55.7 Å². The molecule has 3 aliphatic rings. The van der Waals surface area contributed by atoms with E-state index in [0.717, 1.165) is 22.4 Å². The molecule has 2 bridgehead atoms. The minimum Gasteiger partial charge on any atom is -0.396 e. The molecule has 3 saturated heterocycles. The largest absolute Gasteiger partial charge is 0.396 e. The highest BCUT2D eigenvalue weighted by Crippen LogP contribution is 2.64. The summed E-state index contributed by atoms with van der Waals surface area (Å²) in [5.41, 5.74) is 1.74. The first kappa shape index (κ1) is 27.3. The number of likely N-dealkylation sites (tertiary alicyclic amines) is 1. The minimum absolute atomic E-state index is 0.00975. The van der Waals surface area contributed by atoms with E-state index in [4.69, 9.17) is 4.74 Å². The average Bonchev–Trinajstić information content (AvgIpc) is 3.54. The second kappa shape index (κ2) is 10.7. The standard InChI is InChI=1S/C31H39N3O5/c1-4-30-15-16-31(39-30)24(23(30)27(36)32-19-22-13-6-5-7-14-22)29(38)34(17-8-9-18-35)26(31)28(37)33-25-20(2)11-10-12-21(25)3/h5-7,10-14,23-24,26,35H,4,8-9,15-19H2,1-3H3,(H,32,36)(H,33,37)/t23-,24+,26?,30+,31?/m1/s1. The van der Waals surface area contributed by atoms with Gasteiger partial charge in [-0.3, -0.25) is 14.4 Å². The zero-order valence-electron chi connectivity index (χ0n) is 23.0. The number of benzene rings is 2. The van der Waals surface area contributed by atoms with Crippen molar-refractivity contribution in [3.8, 4) is 0 Å². The highest BCUT2D eigenvalue weighted by molar-refractivity contribution is 6.04. The second-order valence-corrected chi connectivity index (χ2v) is 11.3. The molecule has 3 amide bonds. The topological polar surface area (TPSA) is 108 Å². The molecular weight excluding hydrogens is 494 g/mol. The van der Waals surface area contributed by atoms with Gasteiger partial charge in [-0.25, -0.2) is 0 Å². The normalized spacial score (nSPS) is 29.0. The van der Waals surface area contributed by atoms with Gasteiger partial charge in [0, 0.05) is 25.4 Å². The summed E-state index contributed by atoms with van der Waals surface area (Å²) < 4.78 is 6.81. The summed E-state index contributed by atoms with van der Waals surface area (Å²) in [6, 6.07) is 14.7. The molecule has 8 nitrogen and oxygen atoms in total. The molecule has 0 aromatic heterocycles. The first-order valence-electron chi connectivity index (χ1n) is 14.1. The highest BCUT2D eigenvalue weighted by Gasteiger charge is 2.78. The molecule has 5 rings (SSSR count). The fourth-order valence-electron chi connectivity index (χ4n) is 7.15. The average molecular weight is 534 g/mol. The van der Waals surface area contributed by atoms with Crippen molar-refractivity contribution in [2.45, 2.75) is 76.7 Å². The maximum atomic E-state index is 14.1. The molecule has 2 unspecified atom stereocenters. The van der Waals surface area contributed by atoms with E-state index in [0.29, 0.717) is 45.2 Å². The Labute approximate surface area is 230 Å². The van der Waals surface area contributed by atoms with Gasteiger partial charge < -0.3 is 25.4 Å². The summed E-state index contributed by atoms with van der Waals surface area (Å²) in [6.07, 6.45) is 2.82. The molecule has 208 valence electrons. The number of nitrogens with zero attached hydrogens (tertiary/aromatic N) is 1. The Morgan fingerprint density at radius 2 is 1.74 bits per heavy atom. The van der Waals surface area contributed by atoms with Crippen LogP contribution in [-0.2, 0) is 25.7 Å². The van der Waals surface area contributed by atoms with Gasteiger partial charge in [0.15, 0.2) is 0 Å². The number of nitrogens with one attached hydrogen (secondary N) is 2. The monoisotopic (exact) mass is 533 g/mol. The number of aryl methyl sites for hydroxylation is 2. The van der Waals surface area contributed by atoms with Gasteiger partial charge in [0.2, 0.25) is 17.7 Å². The number of anilines is 1. The molecular formula is C31H39N3O5. The van der Waals surface area contributed by atoms with Gasteiger partial charge in [-0.05, 0) is 62.6 Å². The molecule has 3 fully saturated rings. The fraction of sp³-hybridized carbons (Fsp3) is 0.516. The Morgan fingerprint density at radius 3 is 2.41 bits per heavy atom. The first-order chi connectivity index (χ1) is 18.8. The van der Waals surface area contributed by atoms with Crippen molar-refractivity contribution in [2.75, 3.05) is 18.5 Å². The number of ether oxygens (including phenoxy) is 1. The fourth-order valence-corrected chi connectivity index (χ4v) is 7.15. The van der Waals surface area contributed by atoms with Gasteiger partial charge in [-0.2, -0.15) is 0 Å². The van der Waals surface area contributed by atoms with E-state index in [2.05, 4.69) is 10.6 Å². The van der Waals surface area contributed by atoms with Crippen LogP contribution in [0.5, 0.6) is 0 Å². The van der Waals surface area contributed by atoms with Gasteiger partial charge in [-0.1, -0.05) is 55.5 Å². The van der Waals surface area contributed by atoms with Crippen molar-refractivity contribution < 1.29 is 24.2 Å². The Hall–Kier alpha value is -3.23. The van der Waals surface area contributed by atoms with Crippen LogP contribution in [0.3, 0.4) is 0 Å². The summed E-state index contributed by atoms with van der Waals surface area (Å²) in [6.45, 7) is 6.57. The van der Waals surface area contributed by atoms with Gasteiger partial charge >= 0.3 is 0 Å². The summed E-state index contributed by atoms with van der Waals surface area (Å²) >= 11 is 0. The van der Waals surface area contributed by atoms with Crippen LogP contribution in [0.25, 0.3) is 0 Å². The molecule has 3 heterocycles. The number of aliphatic hydroxyl groups is 1. The smallest absolute Gasteiger partial charge is 0.250 e. The lowest BCUT2D eigenvalue weighted by molar-refractivity contribution is -0.146. The Morgan fingerprint density at radius 1 is 1.03 bits per heavy atom. The van der Waals surface area contributed by atoms with Crippen LogP contribution in [0.2, 0.25) is 0 Å². The van der Waals surface area contributed by atoms with Crippen LogP contribution in [-0.4, -0.2) is 58.1 Å². The second-order valence-electron chi connectivity index (χ2n) is 11.3. The Kier molecular flexibility index (Phi) is 7.53. The van der Waals surface area contributed by atoms with Gasteiger partial charge in [-0.15, -0.1) is 0 Å². The zero-order valence-corrected chi connectivity index (χ0v) is 23.0. The molecule has 39 heavy (non-hydrogen) atoms. The van der Waals surface area contributed by atoms with Gasteiger partial charge in [0.25, 0.3) is 0 Å². The van der Waals surface area contributed by atoms with E-state index in [9.17, 15) is 19.5 Å². The van der Waals surface area contributed by atoms with E-state index in [1.54, 1.807) is 4.90 Å². The maximum Gasteiger partial charge on any atom is 0.250 e. The lowest BCUT2D eigenvalue weighted by Gasteiger charge is -2.34. The van der Waals surface area contributed by atoms with Crippen molar-refractivity contribution in [1.29, 1.82) is 0 Å². The van der Waals surface area contributed by atoms with Crippen molar-refractivity contribution in [3.05, 3.63) is 65.2 Å². The number of hydrogen-bond acceptors (Lipinski definition) is 5. The van der Waals surface area contributed by atoms with Crippen LogP contribution in [0, 0.1) is 25.7 Å². The Bertz CT molecular complexity index is 1230. The molecule has 1 spiro atoms. The predicted octanol–water partition coefficient (Wildman–Crippen LogP) is 3.49. The molecule has 0 aliphatic carbocycles. The first-order valence-corrected chi connectivity index (χ1v) is 14.1. The van der Waals surface area contributed by atoms with E-state index in [-0.39, 0.29) is 24.3 Å². The molecule has 2 aromatic carbocycles. The number of carbonyl (C=O) groups is 3. The number of unbranched alkanes of at least 4 members (excludes halogenated alkanes) is 1. The van der Waals surface area contributed by atoms with Crippen LogP contribution in [0.4, 0.5) is 5.69 Å². The van der Waals surface area contributed by atoms with E-state index < -0.39 is 29.1 Å². The van der Waals surface area contributed by atoms with Gasteiger partial charge in [0.05, 0.1) is 17.4 Å². The lowest BCUT2D eigenvalue weighted by Crippen LogP contribution is -2.53. The van der Waals surface area contributed by atoms with Crippen molar-refractivity contribution in [2.24, 2.45) is 11.8 Å². The maximum absolute atomic E-state index is 14.1. The van der Waals surface area contributed by atoms with E-state index in [1.807, 2.05) is 69.3 Å². The molecule has 3 N–H and O–H groups in total. The van der Waals surface area contributed by atoms with Crippen LogP contribution >= 0.6 is 0 Å². The number of para-hydroxylation sites is 1. The van der Waals surface area contributed by atoms with E-state index in [1.165, 1.54) is 0 Å². The third-order valence-electron chi connectivity index (χ3n) is 9.06. The lowest BCUT2D eigenvalue weighted by atomic mass is 9.65. The van der Waals surface area contributed by atoms with Crippen LogP contribution in [0.15, 0.2) is 48.5 Å². The number of carbonyl (C=O) groups excluding carboxylic acids is 3. The predicted molar refractivity (Wildman–Crippen MR) is 148 cm³/mol. The number of amides is 3. The van der Waals surface area contributed by atoms with Crippen molar-refractivity contribution in [1.82, 2.24) is 10.2 Å². The molecule has 0 radical (unpaired) electrons. The third kappa shape index (κ3) is 4.53. The number of fused-ring (bicyclic) bond motifs is 1. The molecule has 3 aliphatic heterocycles. The quantitative estimate of drug-likeness (QED) is 0.405. The third-order valence-corrected chi connectivity index (χ3v) is 9.06. The summed E-state index contributed by atoms with van der Waals surface area (Å²) in [4.78, 5) is 43.6. The minimum atomic E-state index is -1.07. The summed E-state index contributed by atoms with van der Waals surface area (Å²) in [7, 11) is 0.